The van der Waals surface area contributed by atoms with Crippen molar-refractivity contribution in [3.05, 3.63) is 296 Å². The Balaban J connectivity index is 1.31. The number of hydrogen-bond acceptors (Lipinski definition) is 2. The number of hydrogen-bond donors (Lipinski definition) is 0. The number of rotatable bonds is 9. The highest BCUT2D eigenvalue weighted by Gasteiger charge is 2.46. The predicted octanol–water partition coefficient (Wildman–Crippen LogP) is 18.7. The molecule has 14 rings (SSSR count). The fourth-order valence-electron chi connectivity index (χ4n) is 11.1. The highest BCUT2D eigenvalue weighted by molar-refractivity contribution is 7.00. The van der Waals surface area contributed by atoms with E-state index in [1.807, 2.05) is 99.6 Å². The van der Waals surface area contributed by atoms with Crippen LogP contribution in [0.1, 0.15) is 60.6 Å². The van der Waals surface area contributed by atoms with Crippen LogP contribution in [0.25, 0.3) is 77.9 Å². The second-order valence-corrected chi connectivity index (χ2v) is 20.1. The average Bonchev–Trinajstić information content (AvgIpc) is 0.680. The van der Waals surface area contributed by atoms with Crippen molar-refractivity contribution >= 4 is 57.2 Å². The van der Waals surface area contributed by atoms with Gasteiger partial charge in [-0.1, -0.05) is 287 Å². The second kappa shape index (κ2) is 19.7. The van der Waals surface area contributed by atoms with Crippen molar-refractivity contribution < 1.29 is 34.3 Å². The SMILES string of the molecule is [2H]c1cc(-c2c([2H])c([2H])c([2H])c(-c3c([2H])c([2H])c([2H])c([2H])c3[2H])c2N2c3ccc(-c4ccccc4)cc3B3c4cc(-c5ccccc5)c(C(C)(C)C)cc4N(c4c(-c5c([2H])c([2H])c([2H])c([2H])c5[2H])c([2H])c([2H])c([2H])c4-c4c([2H])c([2H])c([2H])c([2H])c4[2H])c4cc(-c5ccccc5)cc2c43)c([2H])c([2H])c1[2H]. The topological polar surface area (TPSA) is 6.48 Å². The zero-order valence-corrected chi connectivity index (χ0v) is 42.8. The molecule has 0 fully saturated rings. The third-order valence-corrected chi connectivity index (χ3v) is 14.5. The molecule has 79 heavy (non-hydrogen) atoms. The van der Waals surface area contributed by atoms with Crippen LogP contribution in [-0.2, 0) is 5.41 Å². The molecule has 12 aromatic carbocycles. The van der Waals surface area contributed by atoms with Crippen molar-refractivity contribution in [1.29, 1.82) is 0 Å². The number of para-hydroxylation sites is 2. The van der Waals surface area contributed by atoms with Crippen molar-refractivity contribution in [2.75, 3.05) is 9.80 Å². The molecule has 0 spiro atoms. The molecule has 0 radical (unpaired) electrons. The lowest BCUT2D eigenvalue weighted by atomic mass is 9.33. The smallest absolute Gasteiger partial charge is 0.252 e. The molecular formula is C76H57BN2. The van der Waals surface area contributed by atoms with Gasteiger partial charge < -0.3 is 9.80 Å². The molecule has 0 aromatic heterocycles. The van der Waals surface area contributed by atoms with E-state index in [-0.39, 0.29) is 33.9 Å². The Kier molecular flexibility index (Phi) is 7.01. The van der Waals surface area contributed by atoms with E-state index in [1.54, 1.807) is 64.4 Å². The molecule has 0 saturated carbocycles. The molecule has 0 bridgehead atoms. The van der Waals surface area contributed by atoms with Crippen LogP contribution in [0.5, 0.6) is 0 Å². The second-order valence-electron chi connectivity index (χ2n) is 20.1. The van der Waals surface area contributed by atoms with Gasteiger partial charge in [0.1, 0.15) is 0 Å². The Labute approximate surface area is 500 Å². The van der Waals surface area contributed by atoms with Gasteiger partial charge in [0.25, 0.3) is 6.71 Å². The predicted molar refractivity (Wildman–Crippen MR) is 337 cm³/mol. The highest BCUT2D eigenvalue weighted by atomic mass is 15.2. The molecule has 0 N–H and O–H groups in total. The van der Waals surface area contributed by atoms with Gasteiger partial charge in [0.15, 0.2) is 0 Å². The first kappa shape index (κ1) is 28.1. The number of benzene rings is 12. The highest BCUT2D eigenvalue weighted by Crippen LogP contribution is 2.54. The summed E-state index contributed by atoms with van der Waals surface area (Å²) in [5.74, 6) is 0. The van der Waals surface area contributed by atoms with E-state index in [0.717, 1.165) is 11.6 Å². The summed E-state index contributed by atoms with van der Waals surface area (Å²) in [7, 11) is 0. The lowest BCUT2D eigenvalue weighted by Crippen LogP contribution is -2.61. The largest absolute Gasteiger partial charge is 0.310 e. The quantitative estimate of drug-likeness (QED) is 0.133. The van der Waals surface area contributed by atoms with E-state index in [4.69, 9.17) is 8.22 Å². The van der Waals surface area contributed by atoms with E-state index in [2.05, 4.69) is 0 Å². The molecule has 0 atom stereocenters. The van der Waals surface area contributed by atoms with Crippen LogP contribution in [0.15, 0.2) is 291 Å². The normalized spacial score (nSPS) is 16.8. The molecule has 12 aromatic rings. The number of anilines is 6. The van der Waals surface area contributed by atoms with Gasteiger partial charge in [-0.05, 0) is 107 Å². The maximum absolute atomic E-state index is 10.3. The first-order chi connectivity index (χ1) is 49.2. The molecule has 0 unspecified atom stereocenters. The van der Waals surface area contributed by atoms with E-state index in [1.165, 1.54) is 0 Å². The van der Waals surface area contributed by atoms with E-state index in [0.29, 0.717) is 44.3 Å². The van der Waals surface area contributed by atoms with Gasteiger partial charge in [-0.3, -0.25) is 0 Å². The van der Waals surface area contributed by atoms with Crippen LogP contribution in [0.3, 0.4) is 0 Å². The summed E-state index contributed by atoms with van der Waals surface area (Å²) in [5, 5.41) is 0. The molecule has 2 heterocycles. The summed E-state index contributed by atoms with van der Waals surface area (Å²) in [5.41, 5.74) is -0.606. The molecule has 0 saturated heterocycles. The Hall–Kier alpha value is -9.70. The van der Waals surface area contributed by atoms with Crippen LogP contribution in [-0.4, -0.2) is 6.71 Å². The third-order valence-electron chi connectivity index (χ3n) is 14.5. The summed E-state index contributed by atoms with van der Waals surface area (Å²) in [4.78, 5) is 3.11. The molecule has 0 amide bonds. The Morgan fingerprint density at radius 2 is 0.734 bits per heavy atom. The van der Waals surface area contributed by atoms with E-state index >= 15 is 0 Å². The van der Waals surface area contributed by atoms with Gasteiger partial charge in [-0.15, -0.1) is 0 Å². The summed E-state index contributed by atoms with van der Waals surface area (Å²) in [6.07, 6.45) is 0. The first-order valence-electron chi connectivity index (χ1n) is 38.1. The Morgan fingerprint density at radius 3 is 1.24 bits per heavy atom. The monoisotopic (exact) mass is 1030 g/mol. The van der Waals surface area contributed by atoms with Crippen LogP contribution < -0.4 is 26.2 Å². The lowest BCUT2D eigenvalue weighted by Gasteiger charge is -2.46. The maximum Gasteiger partial charge on any atom is 0.252 e. The van der Waals surface area contributed by atoms with Crippen molar-refractivity contribution in [1.82, 2.24) is 0 Å². The minimum absolute atomic E-state index is 0.0487. The van der Waals surface area contributed by atoms with Gasteiger partial charge in [-0.25, -0.2) is 0 Å². The minimum atomic E-state index is -1.11. The zero-order chi connectivity index (χ0) is 74.8. The first-order valence-corrected chi connectivity index (χ1v) is 25.6. The number of nitrogens with zero attached hydrogens (tertiary/aromatic N) is 2. The fraction of sp³-hybridized carbons (Fsp3) is 0.0526. The molecular weight excluding hydrogens is 952 g/mol. The average molecular weight is 1030 g/mol. The van der Waals surface area contributed by atoms with Gasteiger partial charge in [0.05, 0.1) is 45.6 Å². The van der Waals surface area contributed by atoms with E-state index in [9.17, 15) is 26.0 Å². The van der Waals surface area contributed by atoms with Gasteiger partial charge in [0, 0.05) is 45.0 Å². The van der Waals surface area contributed by atoms with Crippen LogP contribution in [0.2, 0.25) is 0 Å². The Morgan fingerprint density at radius 1 is 0.304 bits per heavy atom. The summed E-state index contributed by atoms with van der Waals surface area (Å²) < 4.78 is 238. The van der Waals surface area contributed by atoms with Crippen molar-refractivity contribution in [2.45, 2.75) is 26.2 Å². The van der Waals surface area contributed by atoms with Crippen molar-refractivity contribution in [3.63, 3.8) is 0 Å². The van der Waals surface area contributed by atoms with Crippen LogP contribution in [0.4, 0.5) is 34.1 Å². The number of fused-ring (bicyclic) bond motifs is 4. The third kappa shape index (κ3) is 8.38. The molecule has 2 aliphatic rings. The van der Waals surface area contributed by atoms with Crippen LogP contribution in [0, 0.1) is 0 Å². The Bertz CT molecular complexity index is 5570. The van der Waals surface area contributed by atoms with Crippen LogP contribution >= 0.6 is 0 Å². The van der Waals surface area contributed by atoms with Gasteiger partial charge in [-0.2, -0.15) is 0 Å². The zero-order valence-electron chi connectivity index (χ0n) is 67.8. The molecule has 374 valence electrons. The minimum Gasteiger partial charge on any atom is -0.310 e. The van der Waals surface area contributed by atoms with Crippen molar-refractivity contribution in [2.24, 2.45) is 0 Å². The summed E-state index contributed by atoms with van der Waals surface area (Å²) in [6.45, 7) is 4.82. The lowest BCUT2D eigenvalue weighted by molar-refractivity contribution is 0.592. The maximum atomic E-state index is 10.3. The standard InChI is InChI=1S/C76H57BN2/c1-76(2,3)66-51-70-68(50-65(66)58-39-23-10-24-40-58)77-67-47-59(52-27-11-4-12-28-52)45-46-69(67)78(74-61(54-31-15-6-16-32-54)41-25-42-62(74)55-33-17-7-18-34-55)71-48-60(53-29-13-5-14-30-53)49-72(73(71)77)79(70)75-63(56-35-19-8-20-36-56)43-26-44-64(75)57-37-21-9-22-38-57/h4-51H,1-3H3/i6D,7D,8D,9D,15D,16D,17D,18D,19D,20D,21D,22D,25D,26D,31D,32D,33D,35D,36D,37D,38D,41D,42D,43D,44D. The van der Waals surface area contributed by atoms with Crippen molar-refractivity contribution in [3.8, 4) is 77.9 Å². The van der Waals surface area contributed by atoms with Gasteiger partial charge >= 0.3 is 0 Å². The molecule has 2 aliphatic heterocycles. The van der Waals surface area contributed by atoms with E-state index < -0.39 is 213 Å². The van der Waals surface area contributed by atoms with Gasteiger partial charge in [0.2, 0.25) is 0 Å². The molecule has 2 nitrogen and oxygen atoms in total. The fourth-order valence-corrected chi connectivity index (χ4v) is 11.1. The summed E-state index contributed by atoms with van der Waals surface area (Å²) in [6, 6.07) is 20.4. The molecule has 0 aliphatic carbocycles. The summed E-state index contributed by atoms with van der Waals surface area (Å²) >= 11 is 0. The molecule has 3 heteroatoms.